The number of hydrogen-bond acceptors (Lipinski definition) is 3. The normalized spacial score (nSPS) is 14.9. The monoisotopic (exact) mass is 390 g/mol. The first-order valence-corrected chi connectivity index (χ1v) is 10.4. The van der Waals surface area contributed by atoms with Gasteiger partial charge in [0.2, 0.25) is 11.8 Å². The average Bonchev–Trinajstić information content (AvgIpc) is 3.48. The zero-order valence-corrected chi connectivity index (χ0v) is 16.5. The van der Waals surface area contributed by atoms with E-state index in [0.717, 1.165) is 43.4 Å². The summed E-state index contributed by atoms with van der Waals surface area (Å²) in [5.41, 5.74) is 4.98. The molecule has 2 aromatic carbocycles. The minimum Gasteiger partial charge on any atom is -0.352 e. The van der Waals surface area contributed by atoms with Crippen LogP contribution in [0.25, 0.3) is 0 Å². The molecule has 0 radical (unpaired) electrons. The van der Waals surface area contributed by atoms with Gasteiger partial charge in [-0.15, -0.1) is 0 Å². The molecular formula is C24H26N2O3. The largest absolute Gasteiger partial charge is 0.352 e. The molecule has 0 saturated heterocycles. The van der Waals surface area contributed by atoms with E-state index in [9.17, 15) is 14.4 Å². The molecule has 0 aromatic heterocycles. The molecule has 0 aliphatic heterocycles. The average molecular weight is 390 g/mol. The van der Waals surface area contributed by atoms with Crippen molar-refractivity contribution >= 4 is 23.3 Å². The van der Waals surface area contributed by atoms with Gasteiger partial charge in [-0.3, -0.25) is 14.4 Å². The van der Waals surface area contributed by atoms with Crippen molar-refractivity contribution in [2.24, 2.45) is 5.92 Å². The first-order valence-electron chi connectivity index (χ1n) is 10.4. The van der Waals surface area contributed by atoms with Gasteiger partial charge in [-0.2, -0.15) is 0 Å². The number of benzene rings is 2. The summed E-state index contributed by atoms with van der Waals surface area (Å²) in [7, 11) is 0. The van der Waals surface area contributed by atoms with Gasteiger partial charge in [-0.25, -0.2) is 0 Å². The van der Waals surface area contributed by atoms with Crippen LogP contribution in [0.2, 0.25) is 0 Å². The minimum absolute atomic E-state index is 0.0136. The van der Waals surface area contributed by atoms with Crippen molar-refractivity contribution in [2.75, 3.05) is 5.32 Å². The number of nitrogens with one attached hydrogen (secondary N) is 2. The van der Waals surface area contributed by atoms with Gasteiger partial charge in [-0.1, -0.05) is 24.3 Å². The number of amides is 2. The Bertz CT molecular complexity index is 947. The van der Waals surface area contributed by atoms with Crippen molar-refractivity contribution in [3.63, 3.8) is 0 Å². The molecule has 2 aliphatic carbocycles. The number of ketones is 1. The molecule has 5 nitrogen and oxygen atoms in total. The maximum atomic E-state index is 12.4. The van der Waals surface area contributed by atoms with Gasteiger partial charge in [0.05, 0.1) is 0 Å². The highest BCUT2D eigenvalue weighted by molar-refractivity contribution is 5.98. The second kappa shape index (κ2) is 8.60. The topological polar surface area (TPSA) is 75.3 Å². The highest BCUT2D eigenvalue weighted by Crippen LogP contribution is 2.30. The molecule has 5 heteroatoms. The number of rotatable bonds is 8. The molecule has 0 heterocycles. The summed E-state index contributed by atoms with van der Waals surface area (Å²) in [6, 6.07) is 13.4. The maximum Gasteiger partial charge on any atom is 0.227 e. The summed E-state index contributed by atoms with van der Waals surface area (Å²) in [4.78, 5) is 36.4. The first-order chi connectivity index (χ1) is 14.1. The molecule has 1 fully saturated rings. The van der Waals surface area contributed by atoms with E-state index in [1.165, 1.54) is 11.1 Å². The van der Waals surface area contributed by atoms with Crippen LogP contribution >= 0.6 is 0 Å². The lowest BCUT2D eigenvalue weighted by Crippen LogP contribution is -2.23. The molecule has 0 unspecified atom stereocenters. The van der Waals surface area contributed by atoms with Crippen molar-refractivity contribution in [3.8, 4) is 0 Å². The van der Waals surface area contributed by atoms with Gasteiger partial charge in [0.1, 0.15) is 0 Å². The van der Waals surface area contributed by atoms with Crippen molar-refractivity contribution in [2.45, 2.75) is 51.5 Å². The maximum absolute atomic E-state index is 12.4. The van der Waals surface area contributed by atoms with E-state index in [0.29, 0.717) is 12.1 Å². The van der Waals surface area contributed by atoms with Crippen LogP contribution in [0.1, 0.15) is 59.2 Å². The van der Waals surface area contributed by atoms with E-state index in [2.05, 4.69) is 10.6 Å². The number of fused-ring (bicyclic) bond motifs is 1. The van der Waals surface area contributed by atoms with E-state index >= 15 is 0 Å². The highest BCUT2D eigenvalue weighted by Gasteiger charge is 2.29. The molecule has 2 amide bonds. The Labute approximate surface area is 170 Å². The molecule has 2 aliphatic rings. The molecule has 2 N–H and O–H groups in total. The third-order valence-electron chi connectivity index (χ3n) is 5.63. The minimum atomic E-state index is -0.146. The van der Waals surface area contributed by atoms with E-state index in [4.69, 9.17) is 0 Å². The summed E-state index contributed by atoms with van der Waals surface area (Å²) < 4.78 is 0. The molecule has 29 heavy (non-hydrogen) atoms. The quantitative estimate of drug-likeness (QED) is 0.673. The second-order valence-electron chi connectivity index (χ2n) is 8.00. The van der Waals surface area contributed by atoms with E-state index in [1.54, 1.807) is 0 Å². The second-order valence-corrected chi connectivity index (χ2v) is 8.00. The number of aryl methyl sites for hydroxylation is 2. The number of anilines is 1. The van der Waals surface area contributed by atoms with Crippen LogP contribution < -0.4 is 10.6 Å². The standard InChI is InChI=1S/C24H26N2O3/c27-22(20-10-7-17-4-2-5-19(17)14-20)11-12-23(28)25-15-16-3-1-6-21(13-16)26-24(29)18-8-9-18/h1,3,6-7,10,13-14,18H,2,4-5,8-9,11-12,15H2,(H,25,28)(H,26,29). The molecule has 2 aromatic rings. The van der Waals surface area contributed by atoms with Gasteiger partial charge in [0.25, 0.3) is 0 Å². The Morgan fingerprint density at radius 1 is 0.931 bits per heavy atom. The summed E-state index contributed by atoms with van der Waals surface area (Å²) >= 11 is 0. The van der Waals surface area contributed by atoms with E-state index in [1.807, 2.05) is 42.5 Å². The Kier molecular flexibility index (Phi) is 5.74. The lowest BCUT2D eigenvalue weighted by atomic mass is 10.0. The molecule has 150 valence electrons. The van der Waals surface area contributed by atoms with Crippen molar-refractivity contribution in [1.29, 1.82) is 0 Å². The summed E-state index contributed by atoms with van der Waals surface area (Å²) in [6.45, 7) is 0.374. The molecular weight excluding hydrogens is 364 g/mol. The fourth-order valence-corrected chi connectivity index (χ4v) is 3.75. The Balaban J connectivity index is 1.23. The van der Waals surface area contributed by atoms with Crippen LogP contribution in [-0.4, -0.2) is 17.6 Å². The van der Waals surface area contributed by atoms with Crippen LogP contribution in [-0.2, 0) is 29.0 Å². The van der Waals surface area contributed by atoms with Gasteiger partial charge < -0.3 is 10.6 Å². The summed E-state index contributed by atoms with van der Waals surface area (Å²) in [5.74, 6) is 0.0874. The predicted octanol–water partition coefficient (Wildman–Crippen LogP) is 3.80. The number of Topliss-reactive ketones (excluding diaryl/α,β-unsaturated/α-hetero) is 1. The predicted molar refractivity (Wildman–Crippen MR) is 112 cm³/mol. The van der Waals surface area contributed by atoms with Gasteiger partial charge in [-0.05, 0) is 67.0 Å². The Morgan fingerprint density at radius 3 is 2.59 bits per heavy atom. The fraction of sp³-hybridized carbons (Fsp3) is 0.375. The SMILES string of the molecule is O=C(CCC(=O)c1ccc2c(c1)CCC2)NCc1cccc(NC(=O)C2CC2)c1. The van der Waals surface area contributed by atoms with Crippen molar-refractivity contribution < 1.29 is 14.4 Å². The number of carbonyl (C=O) groups excluding carboxylic acids is 3. The Morgan fingerprint density at radius 2 is 1.76 bits per heavy atom. The highest BCUT2D eigenvalue weighted by atomic mass is 16.2. The van der Waals surface area contributed by atoms with E-state index in [-0.39, 0.29) is 36.4 Å². The van der Waals surface area contributed by atoms with Crippen LogP contribution in [0.5, 0.6) is 0 Å². The Hall–Kier alpha value is -2.95. The molecule has 0 bridgehead atoms. The van der Waals surface area contributed by atoms with Gasteiger partial charge in [0.15, 0.2) is 5.78 Å². The molecule has 0 atom stereocenters. The summed E-state index contributed by atoms with van der Waals surface area (Å²) in [6.07, 6.45) is 5.60. The van der Waals surface area contributed by atoms with Crippen LogP contribution in [0.4, 0.5) is 5.69 Å². The zero-order chi connectivity index (χ0) is 20.2. The fourth-order valence-electron chi connectivity index (χ4n) is 3.75. The number of carbonyl (C=O) groups is 3. The van der Waals surface area contributed by atoms with E-state index < -0.39 is 0 Å². The van der Waals surface area contributed by atoms with Crippen LogP contribution in [0.15, 0.2) is 42.5 Å². The molecule has 0 spiro atoms. The zero-order valence-electron chi connectivity index (χ0n) is 16.5. The molecule has 1 saturated carbocycles. The first kappa shape index (κ1) is 19.4. The van der Waals surface area contributed by atoms with Gasteiger partial charge >= 0.3 is 0 Å². The summed E-state index contributed by atoms with van der Waals surface area (Å²) in [5, 5.41) is 5.77. The molecule has 4 rings (SSSR count). The lowest BCUT2D eigenvalue weighted by molar-refractivity contribution is -0.121. The van der Waals surface area contributed by atoms with Crippen LogP contribution in [0, 0.1) is 5.92 Å². The third-order valence-corrected chi connectivity index (χ3v) is 5.63. The van der Waals surface area contributed by atoms with Gasteiger partial charge in [0, 0.05) is 36.6 Å². The van der Waals surface area contributed by atoms with Crippen LogP contribution in [0.3, 0.4) is 0 Å². The lowest BCUT2D eigenvalue weighted by Gasteiger charge is -2.09. The smallest absolute Gasteiger partial charge is 0.227 e. The van der Waals surface area contributed by atoms with Crippen molar-refractivity contribution in [1.82, 2.24) is 5.32 Å². The van der Waals surface area contributed by atoms with Crippen molar-refractivity contribution in [3.05, 3.63) is 64.7 Å². The third kappa shape index (κ3) is 5.11. The number of hydrogen-bond donors (Lipinski definition) is 2.